The van der Waals surface area contributed by atoms with E-state index in [0.717, 1.165) is 38.3 Å². The summed E-state index contributed by atoms with van der Waals surface area (Å²) in [4.78, 5) is 0. The van der Waals surface area contributed by atoms with Gasteiger partial charge in [-0.05, 0) is 31.0 Å². The van der Waals surface area contributed by atoms with E-state index in [-0.39, 0.29) is 0 Å². The molecule has 2 unspecified atom stereocenters. The summed E-state index contributed by atoms with van der Waals surface area (Å²) < 4.78 is 11.0. The van der Waals surface area contributed by atoms with Crippen LogP contribution >= 0.6 is 0 Å². The zero-order valence-electron chi connectivity index (χ0n) is 12.2. The summed E-state index contributed by atoms with van der Waals surface area (Å²) in [6, 6.07) is 6.93. The van der Waals surface area contributed by atoms with Crippen LogP contribution in [0, 0.1) is 5.92 Å². The van der Waals surface area contributed by atoms with Crippen molar-refractivity contribution in [2.24, 2.45) is 5.92 Å². The van der Waals surface area contributed by atoms with Crippen LogP contribution < -0.4 is 10.1 Å². The molecule has 0 aromatic heterocycles. The molecule has 106 valence electrons. The molecule has 1 aliphatic heterocycles. The molecule has 2 atom stereocenters. The fourth-order valence-corrected chi connectivity index (χ4v) is 2.58. The highest BCUT2D eigenvalue weighted by Gasteiger charge is 2.27. The van der Waals surface area contributed by atoms with E-state index < -0.39 is 0 Å². The van der Waals surface area contributed by atoms with Gasteiger partial charge in [0.05, 0.1) is 13.2 Å². The number of hydrogen-bond donors (Lipinski definition) is 1. The first-order valence-electron chi connectivity index (χ1n) is 7.24. The molecule has 1 N–H and O–H groups in total. The van der Waals surface area contributed by atoms with Gasteiger partial charge in [0.1, 0.15) is 5.75 Å². The van der Waals surface area contributed by atoms with E-state index in [0.29, 0.717) is 12.0 Å². The minimum Gasteiger partial charge on any atom is -0.493 e. The molecule has 0 bridgehead atoms. The van der Waals surface area contributed by atoms with Gasteiger partial charge in [0.25, 0.3) is 0 Å². The predicted octanol–water partition coefficient (Wildman–Crippen LogP) is 2.94. The van der Waals surface area contributed by atoms with Gasteiger partial charge in [-0.25, -0.2) is 0 Å². The maximum Gasteiger partial charge on any atom is 0.124 e. The number of benzene rings is 1. The van der Waals surface area contributed by atoms with Crippen molar-refractivity contribution in [1.82, 2.24) is 5.32 Å². The Hall–Kier alpha value is -1.06. The second-order valence-corrected chi connectivity index (χ2v) is 5.34. The van der Waals surface area contributed by atoms with Gasteiger partial charge in [0, 0.05) is 24.6 Å². The predicted molar refractivity (Wildman–Crippen MR) is 77.7 cm³/mol. The van der Waals surface area contributed by atoms with Crippen LogP contribution in [0.2, 0.25) is 0 Å². The Labute approximate surface area is 116 Å². The molecule has 0 saturated heterocycles. The quantitative estimate of drug-likeness (QED) is 0.856. The molecule has 3 nitrogen and oxygen atoms in total. The van der Waals surface area contributed by atoms with Gasteiger partial charge in [-0.1, -0.05) is 26.0 Å². The highest BCUT2D eigenvalue weighted by atomic mass is 16.5. The summed E-state index contributed by atoms with van der Waals surface area (Å²) in [5.41, 5.74) is 2.63. The van der Waals surface area contributed by atoms with Gasteiger partial charge in [-0.15, -0.1) is 0 Å². The molecule has 3 heteroatoms. The molecule has 0 radical (unpaired) electrons. The molecule has 2 rings (SSSR count). The molecule has 1 aliphatic rings. The lowest BCUT2D eigenvalue weighted by atomic mass is 9.90. The Morgan fingerprint density at radius 2 is 2.26 bits per heavy atom. The Morgan fingerprint density at radius 3 is 3.00 bits per heavy atom. The molecule has 0 fully saturated rings. The second-order valence-electron chi connectivity index (χ2n) is 5.34. The van der Waals surface area contributed by atoms with Crippen LogP contribution in [0.25, 0.3) is 0 Å². The van der Waals surface area contributed by atoms with Gasteiger partial charge >= 0.3 is 0 Å². The Bertz CT molecular complexity index is 406. The molecule has 1 aromatic rings. The zero-order valence-corrected chi connectivity index (χ0v) is 12.2. The molecule has 1 heterocycles. The molecule has 1 aromatic carbocycles. The van der Waals surface area contributed by atoms with Crippen LogP contribution in [-0.2, 0) is 11.2 Å². The lowest BCUT2D eigenvalue weighted by molar-refractivity contribution is 0.188. The maximum absolute atomic E-state index is 5.83. The van der Waals surface area contributed by atoms with Gasteiger partial charge < -0.3 is 14.8 Å². The highest BCUT2D eigenvalue weighted by molar-refractivity contribution is 5.41. The van der Waals surface area contributed by atoms with Crippen molar-refractivity contribution in [3.8, 4) is 5.75 Å². The molecular formula is C16H25NO2. The molecule has 0 aliphatic carbocycles. The lowest BCUT2D eigenvalue weighted by Gasteiger charge is -2.32. The molecule has 0 amide bonds. The number of methoxy groups -OCH3 is 1. The van der Waals surface area contributed by atoms with Crippen LogP contribution in [0.3, 0.4) is 0 Å². The fourth-order valence-electron chi connectivity index (χ4n) is 2.58. The maximum atomic E-state index is 5.83. The Balaban J connectivity index is 2.19. The average Bonchev–Trinajstić information content (AvgIpc) is 2.44. The van der Waals surface area contributed by atoms with E-state index in [9.17, 15) is 0 Å². The Morgan fingerprint density at radius 1 is 1.42 bits per heavy atom. The summed E-state index contributed by atoms with van der Waals surface area (Å²) in [6.45, 7) is 7.07. The van der Waals surface area contributed by atoms with E-state index in [1.165, 1.54) is 11.1 Å². The number of hydrogen-bond acceptors (Lipinski definition) is 3. The molecule has 0 saturated carbocycles. The first-order valence-corrected chi connectivity index (χ1v) is 7.24. The second kappa shape index (κ2) is 6.92. The first-order chi connectivity index (χ1) is 9.26. The minimum absolute atomic E-state index is 0.409. The van der Waals surface area contributed by atoms with Crippen LogP contribution in [0.5, 0.6) is 5.75 Å². The molecule has 0 spiro atoms. The normalized spacial score (nSPS) is 21.8. The van der Waals surface area contributed by atoms with E-state index >= 15 is 0 Å². The fraction of sp³-hybridized carbons (Fsp3) is 0.625. The third-order valence-electron chi connectivity index (χ3n) is 3.69. The summed E-state index contributed by atoms with van der Waals surface area (Å²) in [7, 11) is 1.75. The standard InChI is InChI=1S/C16H25NO2/c1-4-8-17-16-12(2)11-19-15-6-5-13(7-9-18-3)10-14(15)16/h5-6,10,12,16-17H,4,7-9,11H2,1-3H3. The monoisotopic (exact) mass is 263 g/mol. The lowest BCUT2D eigenvalue weighted by Crippen LogP contribution is -2.34. The number of nitrogens with one attached hydrogen (secondary N) is 1. The Kier molecular flexibility index (Phi) is 5.23. The third-order valence-corrected chi connectivity index (χ3v) is 3.69. The average molecular weight is 263 g/mol. The largest absolute Gasteiger partial charge is 0.493 e. The van der Waals surface area contributed by atoms with Crippen molar-refractivity contribution < 1.29 is 9.47 Å². The summed E-state index contributed by atoms with van der Waals surface area (Å²) >= 11 is 0. The van der Waals surface area contributed by atoms with Crippen molar-refractivity contribution in [3.05, 3.63) is 29.3 Å². The summed E-state index contributed by atoms with van der Waals surface area (Å²) in [6.07, 6.45) is 2.11. The van der Waals surface area contributed by atoms with Crippen LogP contribution in [0.4, 0.5) is 0 Å². The summed E-state index contributed by atoms with van der Waals surface area (Å²) in [5, 5.41) is 3.65. The minimum atomic E-state index is 0.409. The van der Waals surface area contributed by atoms with E-state index in [4.69, 9.17) is 9.47 Å². The number of fused-ring (bicyclic) bond motifs is 1. The molecular weight excluding hydrogens is 238 g/mol. The van der Waals surface area contributed by atoms with E-state index in [1.807, 2.05) is 0 Å². The van der Waals surface area contributed by atoms with E-state index in [1.54, 1.807) is 7.11 Å². The van der Waals surface area contributed by atoms with Crippen LogP contribution in [-0.4, -0.2) is 26.9 Å². The highest BCUT2D eigenvalue weighted by Crippen LogP contribution is 2.35. The van der Waals surface area contributed by atoms with E-state index in [2.05, 4.69) is 37.4 Å². The SMILES string of the molecule is CCCNC1c2cc(CCOC)ccc2OCC1C. The van der Waals surface area contributed by atoms with Crippen molar-refractivity contribution in [1.29, 1.82) is 0 Å². The summed E-state index contributed by atoms with van der Waals surface area (Å²) in [5.74, 6) is 1.55. The third kappa shape index (κ3) is 3.48. The topological polar surface area (TPSA) is 30.5 Å². The number of ether oxygens (including phenoxy) is 2. The van der Waals surface area contributed by atoms with Crippen molar-refractivity contribution in [3.63, 3.8) is 0 Å². The van der Waals surface area contributed by atoms with Gasteiger partial charge in [0.15, 0.2) is 0 Å². The van der Waals surface area contributed by atoms with Gasteiger partial charge in [-0.3, -0.25) is 0 Å². The number of rotatable bonds is 6. The van der Waals surface area contributed by atoms with Crippen LogP contribution in [0.15, 0.2) is 18.2 Å². The molecule has 19 heavy (non-hydrogen) atoms. The smallest absolute Gasteiger partial charge is 0.124 e. The van der Waals surface area contributed by atoms with Crippen molar-refractivity contribution >= 4 is 0 Å². The van der Waals surface area contributed by atoms with Crippen molar-refractivity contribution in [2.75, 3.05) is 26.9 Å². The van der Waals surface area contributed by atoms with Gasteiger partial charge in [0.2, 0.25) is 0 Å². The zero-order chi connectivity index (χ0) is 13.7. The van der Waals surface area contributed by atoms with Gasteiger partial charge in [-0.2, -0.15) is 0 Å². The first kappa shape index (κ1) is 14.4. The van der Waals surface area contributed by atoms with Crippen molar-refractivity contribution in [2.45, 2.75) is 32.7 Å². The van der Waals surface area contributed by atoms with Crippen LogP contribution in [0.1, 0.15) is 37.4 Å².